The Kier molecular flexibility index (Phi) is 10.3. The number of rotatable bonds is 5. The van der Waals surface area contributed by atoms with Crippen LogP contribution >= 0.6 is 0 Å². The number of sulfonamides is 1. The number of fused-ring (bicyclic) bond motifs is 5. The fourth-order valence-corrected chi connectivity index (χ4v) is 8.37. The van der Waals surface area contributed by atoms with E-state index in [0.29, 0.717) is 23.9 Å². The molecule has 1 saturated carbocycles. The van der Waals surface area contributed by atoms with Crippen molar-refractivity contribution in [2.75, 3.05) is 22.8 Å². The molecular formula is C39H51N7O4S. The van der Waals surface area contributed by atoms with Crippen molar-refractivity contribution in [3.63, 3.8) is 0 Å². The molecule has 11 nitrogen and oxygen atoms in total. The van der Waals surface area contributed by atoms with Gasteiger partial charge in [-0.25, -0.2) is 23.1 Å². The smallest absolute Gasteiger partial charge is 0.264 e. The summed E-state index contributed by atoms with van der Waals surface area (Å²) < 4.78 is 36.4. The van der Waals surface area contributed by atoms with Crippen molar-refractivity contribution in [1.82, 2.24) is 24.8 Å². The van der Waals surface area contributed by atoms with Crippen LogP contribution in [0.1, 0.15) is 88.9 Å². The molecule has 0 spiro atoms. The van der Waals surface area contributed by atoms with Crippen LogP contribution < -0.4 is 14.4 Å². The van der Waals surface area contributed by atoms with Gasteiger partial charge in [0.1, 0.15) is 12.4 Å². The number of carbonyl (C=O) groups excluding carboxylic acids is 1. The molecule has 12 heteroatoms. The van der Waals surface area contributed by atoms with E-state index >= 15 is 0 Å². The summed E-state index contributed by atoms with van der Waals surface area (Å²) in [5.41, 5.74) is 4.08. The summed E-state index contributed by atoms with van der Waals surface area (Å²) in [6, 6.07) is 13.8. The molecule has 272 valence electrons. The van der Waals surface area contributed by atoms with E-state index in [4.69, 9.17) is 9.72 Å². The average Bonchev–Trinajstić information content (AvgIpc) is 3.38. The van der Waals surface area contributed by atoms with Crippen molar-refractivity contribution in [2.45, 2.75) is 97.7 Å². The Labute approximate surface area is 303 Å². The molecule has 4 heterocycles. The lowest BCUT2D eigenvalue weighted by molar-refractivity contribution is 0.0509. The molecule has 0 radical (unpaired) electrons. The van der Waals surface area contributed by atoms with Crippen molar-refractivity contribution in [1.29, 1.82) is 0 Å². The number of hydrogen-bond acceptors (Lipinski definition) is 9. The lowest BCUT2D eigenvalue weighted by atomic mass is 9.80. The van der Waals surface area contributed by atoms with E-state index < -0.39 is 16.1 Å². The van der Waals surface area contributed by atoms with Crippen LogP contribution in [0, 0.1) is 25.2 Å². The molecular weight excluding hydrogens is 663 g/mol. The summed E-state index contributed by atoms with van der Waals surface area (Å²) in [6.07, 6.45) is 7.70. The minimum absolute atomic E-state index is 0. The summed E-state index contributed by atoms with van der Waals surface area (Å²) in [7, 11) is -4.17. The zero-order valence-corrected chi connectivity index (χ0v) is 31.5. The largest absolute Gasteiger partial charge is 0.475 e. The number of nitrogens with zero attached hydrogens (tertiary/aromatic N) is 6. The molecule has 1 aliphatic carbocycles. The van der Waals surface area contributed by atoms with Crippen LogP contribution in [0.2, 0.25) is 0 Å². The first-order valence-corrected chi connectivity index (χ1v) is 19.4. The van der Waals surface area contributed by atoms with Gasteiger partial charge < -0.3 is 14.5 Å². The second kappa shape index (κ2) is 14.6. The van der Waals surface area contributed by atoms with Gasteiger partial charge in [0, 0.05) is 31.2 Å². The fraction of sp³-hybridized carbons (Fsp3) is 0.462. The number of benzene rings is 2. The molecule has 3 atom stereocenters. The van der Waals surface area contributed by atoms with E-state index in [1.54, 1.807) is 29.3 Å². The van der Waals surface area contributed by atoms with Crippen LogP contribution in [-0.4, -0.2) is 64.4 Å². The highest BCUT2D eigenvalue weighted by Crippen LogP contribution is 2.42. The molecule has 1 N–H and O–H groups in total. The summed E-state index contributed by atoms with van der Waals surface area (Å²) >= 11 is 0. The second-order valence-corrected chi connectivity index (χ2v) is 16.4. The van der Waals surface area contributed by atoms with E-state index in [-0.39, 0.29) is 48.2 Å². The average molecular weight is 714 g/mol. The van der Waals surface area contributed by atoms with Crippen molar-refractivity contribution < 1.29 is 19.4 Å². The molecule has 51 heavy (non-hydrogen) atoms. The Bertz CT molecular complexity index is 2000. The van der Waals surface area contributed by atoms with Crippen LogP contribution in [0.3, 0.4) is 0 Å². The van der Waals surface area contributed by atoms with Gasteiger partial charge in [0.25, 0.3) is 15.9 Å². The monoisotopic (exact) mass is 713 g/mol. The zero-order chi connectivity index (χ0) is 36.5. The third-order valence-electron chi connectivity index (χ3n) is 9.85. The topological polar surface area (TPSA) is 131 Å². The van der Waals surface area contributed by atoms with Gasteiger partial charge in [0.2, 0.25) is 11.8 Å². The maximum absolute atomic E-state index is 14.5. The maximum atomic E-state index is 14.5. The number of nitrogens with one attached hydrogen (secondary N) is 1. The Morgan fingerprint density at radius 3 is 2.39 bits per heavy atom. The number of aromatic nitrogens is 4. The molecule has 2 aliphatic heterocycles. The van der Waals surface area contributed by atoms with E-state index in [2.05, 4.69) is 45.3 Å². The first-order valence-electron chi connectivity index (χ1n) is 17.9. The van der Waals surface area contributed by atoms with E-state index in [1.165, 1.54) is 18.6 Å². The predicted molar refractivity (Wildman–Crippen MR) is 201 cm³/mol. The Balaban J connectivity index is 0.00000171. The summed E-state index contributed by atoms with van der Waals surface area (Å²) in [5.74, 6) is 1.32. The van der Waals surface area contributed by atoms with Crippen LogP contribution in [0.5, 0.6) is 5.88 Å². The molecule has 2 unspecified atom stereocenters. The van der Waals surface area contributed by atoms with Gasteiger partial charge in [0.15, 0.2) is 0 Å². The molecule has 4 aromatic rings. The first kappa shape index (κ1) is 36.2. The number of ether oxygens (including phenoxy) is 1. The van der Waals surface area contributed by atoms with Crippen molar-refractivity contribution in [3.8, 4) is 17.1 Å². The Hall–Kier alpha value is -4.58. The van der Waals surface area contributed by atoms with Gasteiger partial charge in [-0.3, -0.25) is 9.78 Å². The van der Waals surface area contributed by atoms with Crippen LogP contribution in [0.15, 0.2) is 65.8 Å². The number of anilines is 2. The van der Waals surface area contributed by atoms with Gasteiger partial charge in [-0.15, -0.1) is 0 Å². The normalized spacial score (nSPS) is 21.0. The molecule has 2 aromatic heterocycles. The van der Waals surface area contributed by atoms with Gasteiger partial charge in [-0.2, -0.15) is 4.98 Å². The van der Waals surface area contributed by atoms with Gasteiger partial charge in [0.05, 0.1) is 41.3 Å². The number of aryl methyl sites for hydroxylation is 2. The molecule has 4 bridgehead atoms. The standard InChI is InChI=1S/C37H43N7O4S.C2H6.H2/c1-23-8-6-9-24(2)34(23)30-17-33-41-36(40-30)42-49(46,47)29-11-7-10-26(16-29)35(45)44(28(22-48-33)18-37(3,4)5)21-27-19-38-20-32(39-27)43-15-14-25-12-13-31(25)43;1-2;/h6-11,16-17,19-20,25,28,31H,12-15,18,21-22H2,1-5H3,(H,40,41,42);1-2H3;1H/t25?,28-,31?;;/m1../s1. The SMILES string of the molecule is CC.Cc1cccc(C)c1-c1cc2nc(n1)NS(=O)(=O)c1cccc(c1)C(=O)N(Cc1cncc(N3CCC4CCC43)n1)[C@H](CC(C)(C)C)CO2.[HH]. The van der Waals surface area contributed by atoms with Gasteiger partial charge >= 0.3 is 0 Å². The van der Waals surface area contributed by atoms with Gasteiger partial charge in [-0.1, -0.05) is 58.9 Å². The van der Waals surface area contributed by atoms with Gasteiger partial charge in [-0.05, 0) is 80.2 Å². The lowest BCUT2D eigenvalue weighted by Gasteiger charge is -2.37. The first-order chi connectivity index (χ1) is 24.3. The van der Waals surface area contributed by atoms with Crippen LogP contribution in [0.25, 0.3) is 11.3 Å². The molecule has 3 aliphatic rings. The van der Waals surface area contributed by atoms with Crippen molar-refractivity contribution in [3.05, 3.63) is 83.3 Å². The Morgan fingerprint density at radius 1 is 0.961 bits per heavy atom. The molecule has 7 rings (SSSR count). The van der Waals surface area contributed by atoms with E-state index in [0.717, 1.165) is 47.8 Å². The molecule has 1 saturated heterocycles. The lowest BCUT2D eigenvalue weighted by Crippen LogP contribution is -2.45. The van der Waals surface area contributed by atoms with Crippen molar-refractivity contribution in [2.24, 2.45) is 11.3 Å². The van der Waals surface area contributed by atoms with Crippen LogP contribution in [0.4, 0.5) is 11.8 Å². The minimum atomic E-state index is -4.17. The quantitative estimate of drug-likeness (QED) is 0.224. The van der Waals surface area contributed by atoms with Crippen LogP contribution in [-0.2, 0) is 16.6 Å². The maximum Gasteiger partial charge on any atom is 0.264 e. The summed E-state index contributed by atoms with van der Waals surface area (Å²) in [5, 5.41) is 0. The Morgan fingerprint density at radius 2 is 1.71 bits per heavy atom. The summed E-state index contributed by atoms with van der Waals surface area (Å²) in [4.78, 5) is 37.3. The molecule has 2 fully saturated rings. The number of hydrogen-bond donors (Lipinski definition) is 1. The minimum Gasteiger partial charge on any atom is -0.475 e. The predicted octanol–water partition coefficient (Wildman–Crippen LogP) is 7.45. The number of amides is 1. The van der Waals surface area contributed by atoms with E-state index in [9.17, 15) is 13.2 Å². The summed E-state index contributed by atoms with van der Waals surface area (Å²) in [6.45, 7) is 15.6. The highest BCUT2D eigenvalue weighted by Gasteiger charge is 2.41. The second-order valence-electron chi connectivity index (χ2n) is 14.7. The van der Waals surface area contributed by atoms with E-state index in [1.807, 2.05) is 52.1 Å². The number of carbonyl (C=O) groups is 1. The highest BCUT2D eigenvalue weighted by molar-refractivity contribution is 7.92. The molecule has 1 amide bonds. The third kappa shape index (κ3) is 7.85. The molecule has 2 aromatic carbocycles. The third-order valence-corrected chi connectivity index (χ3v) is 11.2. The van der Waals surface area contributed by atoms with Crippen molar-refractivity contribution >= 4 is 27.7 Å². The highest BCUT2D eigenvalue weighted by atomic mass is 32.2. The fourth-order valence-electron chi connectivity index (χ4n) is 7.38. The zero-order valence-electron chi connectivity index (χ0n) is 30.7.